The van der Waals surface area contributed by atoms with Gasteiger partial charge in [-0.2, -0.15) is 0 Å². The van der Waals surface area contributed by atoms with Gasteiger partial charge in [-0.15, -0.1) is 5.10 Å². The number of aromatic nitrogens is 5. The lowest BCUT2D eigenvalue weighted by Gasteiger charge is -1.94. The molecule has 4 N–H and O–H groups in total. The minimum Gasteiger partial charge on any atom is -0.399 e. The molecular weight excluding hydrogens is 252 g/mol. The van der Waals surface area contributed by atoms with Crippen LogP contribution in [0.5, 0.6) is 0 Å². The van der Waals surface area contributed by atoms with E-state index in [-0.39, 0.29) is 5.69 Å². The maximum atomic E-state index is 11.2. The Morgan fingerprint density at radius 3 is 3.00 bits per heavy atom. The molecule has 92 valence electrons. The highest BCUT2D eigenvalue weighted by Crippen LogP contribution is 2.25. The number of benzene rings is 1. The van der Waals surface area contributed by atoms with Crippen LogP contribution in [-0.4, -0.2) is 24.7 Å². The van der Waals surface area contributed by atoms with E-state index in [1.54, 1.807) is 13.1 Å². The zero-order valence-corrected chi connectivity index (χ0v) is 10.3. The quantitative estimate of drug-likeness (QED) is 0.590. The normalized spacial score (nSPS) is 11.2. The highest BCUT2D eigenvalue weighted by Gasteiger charge is 2.10. The van der Waals surface area contributed by atoms with Crippen molar-refractivity contribution in [2.24, 2.45) is 7.05 Å². The van der Waals surface area contributed by atoms with Gasteiger partial charge in [0.05, 0.1) is 11.0 Å². The molecule has 0 bridgehead atoms. The Kier molecular flexibility index (Phi) is 2.37. The third kappa shape index (κ3) is 1.76. The summed E-state index contributed by atoms with van der Waals surface area (Å²) in [5.41, 5.74) is 7.81. The molecule has 0 fully saturated rings. The number of aromatic amines is 2. The van der Waals surface area contributed by atoms with Crippen molar-refractivity contribution in [2.75, 3.05) is 5.73 Å². The molecule has 0 radical (unpaired) electrons. The van der Waals surface area contributed by atoms with Gasteiger partial charge in [0.1, 0.15) is 0 Å². The molecule has 0 aliphatic rings. The molecule has 0 amide bonds. The maximum absolute atomic E-state index is 11.2. The van der Waals surface area contributed by atoms with E-state index in [9.17, 15) is 4.79 Å². The van der Waals surface area contributed by atoms with E-state index in [4.69, 9.17) is 5.73 Å². The van der Waals surface area contributed by atoms with Gasteiger partial charge in [0, 0.05) is 12.7 Å². The number of H-pyrrole nitrogens is 2. The number of nitrogens with one attached hydrogen (secondary N) is 2. The van der Waals surface area contributed by atoms with Gasteiger partial charge in [-0.1, -0.05) is 0 Å². The Balaban J connectivity index is 2.00. The monoisotopic (exact) mass is 262 g/mol. The van der Waals surface area contributed by atoms with E-state index >= 15 is 0 Å². The smallest absolute Gasteiger partial charge is 0.343 e. The highest BCUT2D eigenvalue weighted by atomic mass is 32.2. The van der Waals surface area contributed by atoms with Crippen molar-refractivity contribution in [3.8, 4) is 0 Å². The summed E-state index contributed by atoms with van der Waals surface area (Å²) in [7, 11) is 1.65. The number of imidazole rings is 1. The van der Waals surface area contributed by atoms with Crippen LogP contribution in [0, 0.1) is 0 Å². The average molecular weight is 262 g/mol. The number of nitrogen functional groups attached to an aromatic ring is 1. The zero-order chi connectivity index (χ0) is 12.7. The van der Waals surface area contributed by atoms with Gasteiger partial charge in [0.2, 0.25) is 0 Å². The molecule has 0 saturated heterocycles. The third-order valence-electron chi connectivity index (χ3n) is 2.51. The summed E-state index contributed by atoms with van der Waals surface area (Å²) in [4.78, 5) is 18.7. The van der Waals surface area contributed by atoms with E-state index in [2.05, 4.69) is 20.2 Å². The van der Waals surface area contributed by atoms with E-state index in [0.717, 1.165) is 11.0 Å². The molecule has 1 aromatic carbocycles. The van der Waals surface area contributed by atoms with E-state index in [1.807, 2.05) is 12.1 Å². The van der Waals surface area contributed by atoms with E-state index < -0.39 is 0 Å². The Morgan fingerprint density at radius 1 is 1.44 bits per heavy atom. The van der Waals surface area contributed by atoms with E-state index in [0.29, 0.717) is 16.0 Å². The van der Waals surface area contributed by atoms with Crippen molar-refractivity contribution in [2.45, 2.75) is 10.3 Å². The first-order valence-electron chi connectivity index (χ1n) is 5.18. The molecule has 2 aromatic heterocycles. The number of anilines is 1. The standard InChI is InChI=1S/C10H10N6OS/c1-16-9(17)14-15-10(16)18-8-12-6-3-2-5(11)4-7(6)13-8/h2-4H,11H2,1H3,(H,12,13)(H,14,17). The van der Waals surface area contributed by atoms with Crippen LogP contribution in [0.15, 0.2) is 33.3 Å². The molecule has 18 heavy (non-hydrogen) atoms. The number of nitrogens with zero attached hydrogens (tertiary/aromatic N) is 3. The number of hydrogen-bond donors (Lipinski definition) is 3. The molecule has 8 heteroatoms. The van der Waals surface area contributed by atoms with Crippen molar-refractivity contribution in [1.82, 2.24) is 24.7 Å². The Hall–Kier alpha value is -2.22. The number of hydrogen-bond acceptors (Lipinski definition) is 5. The van der Waals surface area contributed by atoms with E-state index in [1.165, 1.54) is 16.3 Å². The van der Waals surface area contributed by atoms with Crippen LogP contribution >= 0.6 is 11.8 Å². The lowest BCUT2D eigenvalue weighted by atomic mass is 10.3. The lowest BCUT2D eigenvalue weighted by Crippen LogP contribution is -2.12. The third-order valence-corrected chi connectivity index (χ3v) is 3.45. The van der Waals surface area contributed by atoms with Crippen LogP contribution in [0.25, 0.3) is 11.0 Å². The number of rotatable bonds is 2. The Morgan fingerprint density at radius 2 is 2.28 bits per heavy atom. The molecule has 0 aliphatic heterocycles. The maximum Gasteiger partial charge on any atom is 0.343 e. The second kappa shape index (κ2) is 3.91. The van der Waals surface area contributed by atoms with Crippen LogP contribution in [0.3, 0.4) is 0 Å². The molecular formula is C10H10N6OS. The van der Waals surface area contributed by atoms with Crippen LogP contribution < -0.4 is 11.4 Å². The largest absolute Gasteiger partial charge is 0.399 e. The van der Waals surface area contributed by atoms with Gasteiger partial charge < -0.3 is 10.7 Å². The second-order valence-electron chi connectivity index (χ2n) is 3.79. The predicted molar refractivity (Wildman–Crippen MR) is 68.5 cm³/mol. The fourth-order valence-corrected chi connectivity index (χ4v) is 2.35. The van der Waals surface area contributed by atoms with Crippen molar-refractivity contribution in [3.63, 3.8) is 0 Å². The molecule has 3 aromatic rings. The zero-order valence-electron chi connectivity index (χ0n) is 9.47. The first-order valence-corrected chi connectivity index (χ1v) is 5.99. The molecule has 0 atom stereocenters. The molecule has 0 spiro atoms. The number of fused-ring (bicyclic) bond motifs is 1. The summed E-state index contributed by atoms with van der Waals surface area (Å²) >= 11 is 1.28. The van der Waals surface area contributed by atoms with Gasteiger partial charge in [0.15, 0.2) is 10.3 Å². The second-order valence-corrected chi connectivity index (χ2v) is 4.75. The lowest BCUT2D eigenvalue weighted by molar-refractivity contribution is 0.763. The molecule has 0 aliphatic carbocycles. The minimum absolute atomic E-state index is 0.252. The summed E-state index contributed by atoms with van der Waals surface area (Å²) < 4.78 is 1.42. The van der Waals surface area contributed by atoms with Crippen LogP contribution in [0.2, 0.25) is 0 Å². The molecule has 0 unspecified atom stereocenters. The Bertz CT molecular complexity index is 770. The topological polar surface area (TPSA) is 105 Å². The van der Waals surface area contributed by atoms with Gasteiger partial charge in [0.25, 0.3) is 0 Å². The fourth-order valence-electron chi connectivity index (χ4n) is 1.56. The van der Waals surface area contributed by atoms with Crippen molar-refractivity contribution in [3.05, 3.63) is 28.7 Å². The summed E-state index contributed by atoms with van der Waals surface area (Å²) in [5.74, 6) is 0. The van der Waals surface area contributed by atoms with Crippen molar-refractivity contribution in [1.29, 1.82) is 0 Å². The summed E-state index contributed by atoms with van der Waals surface area (Å²) in [6.07, 6.45) is 0. The summed E-state index contributed by atoms with van der Waals surface area (Å²) in [6, 6.07) is 5.45. The van der Waals surface area contributed by atoms with Crippen molar-refractivity contribution >= 4 is 28.5 Å². The predicted octanol–water partition coefficient (Wildman–Crippen LogP) is 0.718. The first-order chi connectivity index (χ1) is 8.63. The molecule has 0 saturated carbocycles. The van der Waals surface area contributed by atoms with Gasteiger partial charge in [-0.25, -0.2) is 14.9 Å². The molecule has 3 rings (SSSR count). The van der Waals surface area contributed by atoms with Gasteiger partial charge in [-0.3, -0.25) is 4.57 Å². The summed E-state index contributed by atoms with van der Waals surface area (Å²) in [6.45, 7) is 0. The fraction of sp³-hybridized carbons (Fsp3) is 0.100. The van der Waals surface area contributed by atoms with Crippen molar-refractivity contribution < 1.29 is 0 Å². The van der Waals surface area contributed by atoms with Gasteiger partial charge >= 0.3 is 5.69 Å². The van der Waals surface area contributed by atoms with Gasteiger partial charge in [-0.05, 0) is 30.0 Å². The molecule has 7 nitrogen and oxygen atoms in total. The Labute approximate surface area is 105 Å². The average Bonchev–Trinajstić information content (AvgIpc) is 2.86. The SMILES string of the molecule is Cn1c(Sc2nc3ccc(N)cc3[nH]2)n[nH]c1=O. The van der Waals surface area contributed by atoms with Crippen LogP contribution in [0.4, 0.5) is 5.69 Å². The number of nitrogens with two attached hydrogens (primary N) is 1. The first kappa shape index (κ1) is 10.9. The summed E-state index contributed by atoms with van der Waals surface area (Å²) in [5, 5.41) is 7.49. The molecule has 2 heterocycles. The van der Waals surface area contributed by atoms with Crippen LogP contribution in [-0.2, 0) is 7.05 Å². The van der Waals surface area contributed by atoms with Crippen LogP contribution in [0.1, 0.15) is 0 Å². The highest BCUT2D eigenvalue weighted by molar-refractivity contribution is 7.99. The minimum atomic E-state index is -0.252.